The molecule has 100 valence electrons. The van der Waals surface area contributed by atoms with Crippen molar-refractivity contribution in [1.82, 2.24) is 5.32 Å². The van der Waals surface area contributed by atoms with Crippen LogP contribution in [0.25, 0.3) is 0 Å². The van der Waals surface area contributed by atoms with Crippen LogP contribution in [0.3, 0.4) is 0 Å². The van der Waals surface area contributed by atoms with E-state index in [9.17, 15) is 9.90 Å². The van der Waals surface area contributed by atoms with Crippen molar-refractivity contribution in [3.8, 4) is 0 Å². The van der Waals surface area contributed by atoms with Crippen molar-refractivity contribution < 1.29 is 9.90 Å². The molecule has 0 radical (unpaired) electrons. The number of rotatable bonds is 2. The number of carbonyl (C=O) groups is 1. The zero-order chi connectivity index (χ0) is 12.9. The summed E-state index contributed by atoms with van der Waals surface area (Å²) in [6, 6.07) is 0.485. The number of nitrogens with one attached hydrogen (secondary N) is 1. The van der Waals surface area contributed by atoms with Gasteiger partial charge in [-0.1, -0.05) is 18.2 Å². The van der Waals surface area contributed by atoms with Crippen molar-refractivity contribution in [3.05, 3.63) is 0 Å². The molecule has 1 aliphatic heterocycles. The Balaban J connectivity index is 1.65. The second kappa shape index (κ2) is 4.23. The van der Waals surface area contributed by atoms with Crippen molar-refractivity contribution in [2.75, 3.05) is 0 Å². The number of carbonyl (C=O) groups excluding carboxylic acids is 1. The first kappa shape index (κ1) is 12.5. The van der Waals surface area contributed by atoms with Crippen LogP contribution < -0.4 is 5.32 Å². The molecule has 4 nitrogen and oxygen atoms in total. The summed E-state index contributed by atoms with van der Waals surface area (Å²) in [5, 5.41) is 13.9. The lowest BCUT2D eigenvalue weighted by molar-refractivity contribution is -0.121. The third kappa shape index (κ3) is 1.88. The highest BCUT2D eigenvalue weighted by atomic mass is 32.2. The highest BCUT2D eigenvalue weighted by molar-refractivity contribution is 8.16. The number of nitrogens with zero attached hydrogens (tertiary/aromatic N) is 1. The van der Waals surface area contributed by atoms with Crippen LogP contribution in [0.4, 0.5) is 0 Å². The molecule has 2 saturated carbocycles. The van der Waals surface area contributed by atoms with Gasteiger partial charge in [-0.25, -0.2) is 0 Å². The van der Waals surface area contributed by atoms with Gasteiger partial charge >= 0.3 is 0 Å². The Hall–Kier alpha value is -0.550. The van der Waals surface area contributed by atoms with Crippen molar-refractivity contribution in [1.29, 1.82) is 0 Å². The third-order valence-electron chi connectivity index (χ3n) is 4.78. The van der Waals surface area contributed by atoms with Gasteiger partial charge < -0.3 is 10.4 Å². The number of aliphatic hydroxyl groups excluding tert-OH is 1. The third-order valence-corrected chi connectivity index (χ3v) is 6.12. The maximum absolute atomic E-state index is 11.9. The van der Waals surface area contributed by atoms with Gasteiger partial charge in [-0.3, -0.25) is 4.79 Å². The van der Waals surface area contributed by atoms with Crippen molar-refractivity contribution >= 4 is 22.8 Å². The maximum atomic E-state index is 11.9. The van der Waals surface area contributed by atoms with Crippen LogP contribution in [-0.4, -0.2) is 33.1 Å². The largest absolute Gasteiger partial charge is 0.391 e. The van der Waals surface area contributed by atoms with Gasteiger partial charge in [-0.05, 0) is 44.9 Å². The Morgan fingerprint density at radius 3 is 2.78 bits per heavy atom. The molecule has 0 aromatic rings. The summed E-state index contributed by atoms with van der Waals surface area (Å²) in [5.74, 6) is 1.42. The number of amidine groups is 1. The normalized spacial score (nSPS) is 44.3. The second-order valence-corrected chi connectivity index (χ2v) is 7.47. The van der Waals surface area contributed by atoms with Crippen LogP contribution in [0.5, 0.6) is 0 Å². The molecule has 0 aromatic carbocycles. The van der Waals surface area contributed by atoms with Gasteiger partial charge in [-0.2, -0.15) is 4.99 Å². The van der Waals surface area contributed by atoms with E-state index in [0.717, 1.165) is 11.8 Å². The topological polar surface area (TPSA) is 61.7 Å². The SMILES string of the molecule is C[C@H](O)C1(C)SC(N[C@H]2C[C@@H]3CC[C@H]2C3)=NC1=O. The second-order valence-electron chi connectivity index (χ2n) is 6.03. The number of thioether (sulfide) groups is 1. The monoisotopic (exact) mass is 268 g/mol. The summed E-state index contributed by atoms with van der Waals surface area (Å²) in [6.07, 6.45) is 4.54. The molecule has 3 aliphatic rings. The lowest BCUT2D eigenvalue weighted by Crippen LogP contribution is -2.40. The number of amides is 1. The lowest BCUT2D eigenvalue weighted by Gasteiger charge is -2.26. The molecule has 5 heteroatoms. The van der Waals surface area contributed by atoms with E-state index in [2.05, 4.69) is 10.3 Å². The molecular formula is C13H20N2O2S. The first-order valence-electron chi connectivity index (χ1n) is 6.76. The van der Waals surface area contributed by atoms with Gasteiger partial charge in [0.25, 0.3) is 5.91 Å². The first-order chi connectivity index (χ1) is 8.49. The summed E-state index contributed by atoms with van der Waals surface area (Å²) in [5.41, 5.74) is 0. The number of hydrogen-bond donors (Lipinski definition) is 2. The van der Waals surface area contributed by atoms with Crippen LogP contribution in [0.1, 0.15) is 39.5 Å². The first-order valence-corrected chi connectivity index (χ1v) is 7.57. The van der Waals surface area contributed by atoms with Gasteiger partial charge in [0.05, 0.1) is 6.10 Å². The Labute approximate surface area is 112 Å². The van der Waals surface area contributed by atoms with E-state index in [-0.39, 0.29) is 5.91 Å². The zero-order valence-corrected chi connectivity index (χ0v) is 11.7. The van der Waals surface area contributed by atoms with Crippen LogP contribution in [-0.2, 0) is 4.79 Å². The molecule has 2 bridgehead atoms. The minimum Gasteiger partial charge on any atom is -0.391 e. The summed E-state index contributed by atoms with van der Waals surface area (Å²) < 4.78 is -0.806. The summed E-state index contributed by atoms with van der Waals surface area (Å²) in [7, 11) is 0. The summed E-state index contributed by atoms with van der Waals surface area (Å²) in [6.45, 7) is 3.42. The zero-order valence-electron chi connectivity index (χ0n) is 10.8. The number of aliphatic hydroxyl groups is 1. The fraction of sp³-hybridized carbons (Fsp3) is 0.846. The van der Waals surface area contributed by atoms with Crippen molar-refractivity contribution in [3.63, 3.8) is 0 Å². The summed E-state index contributed by atoms with van der Waals surface area (Å²) >= 11 is 1.38. The van der Waals surface area contributed by atoms with Gasteiger partial charge in [0, 0.05) is 6.04 Å². The van der Waals surface area contributed by atoms with Crippen LogP contribution >= 0.6 is 11.8 Å². The molecule has 2 fully saturated rings. The number of fused-ring (bicyclic) bond motifs is 2. The fourth-order valence-corrected chi connectivity index (χ4v) is 4.42. The Morgan fingerprint density at radius 2 is 2.28 bits per heavy atom. The highest BCUT2D eigenvalue weighted by Gasteiger charge is 2.47. The quantitative estimate of drug-likeness (QED) is 0.797. The van der Waals surface area contributed by atoms with E-state index in [0.29, 0.717) is 11.2 Å². The molecule has 1 amide bonds. The van der Waals surface area contributed by atoms with E-state index in [1.54, 1.807) is 13.8 Å². The van der Waals surface area contributed by atoms with Gasteiger partial charge in [0.15, 0.2) is 5.17 Å². The number of hydrogen-bond acceptors (Lipinski definition) is 4. The molecule has 3 rings (SSSR count). The van der Waals surface area contributed by atoms with E-state index in [1.807, 2.05) is 0 Å². The van der Waals surface area contributed by atoms with Gasteiger partial charge in [0.1, 0.15) is 4.75 Å². The van der Waals surface area contributed by atoms with Gasteiger partial charge in [0.2, 0.25) is 0 Å². The standard InChI is InChI=1S/C13H20N2O2S/c1-7(16)13(2)11(17)15-12(18-13)14-10-6-8-3-4-9(10)5-8/h7-10,16H,3-6H2,1-2H3,(H,14,15,17)/t7-,8+,9-,10-,13?/m0/s1. The Morgan fingerprint density at radius 1 is 1.50 bits per heavy atom. The average molecular weight is 268 g/mol. The molecule has 18 heavy (non-hydrogen) atoms. The van der Waals surface area contributed by atoms with Crippen molar-refractivity contribution in [2.45, 2.75) is 56.4 Å². The molecule has 0 spiro atoms. The highest BCUT2D eigenvalue weighted by Crippen LogP contribution is 2.45. The molecule has 5 atom stereocenters. The number of aliphatic imine (C=N–C) groups is 1. The lowest BCUT2D eigenvalue weighted by atomic mass is 9.96. The molecule has 1 unspecified atom stereocenters. The van der Waals surface area contributed by atoms with E-state index >= 15 is 0 Å². The average Bonchev–Trinajstić information content (AvgIpc) is 2.95. The predicted molar refractivity (Wildman–Crippen MR) is 72.5 cm³/mol. The van der Waals surface area contributed by atoms with Gasteiger partial charge in [-0.15, -0.1) is 0 Å². The Kier molecular flexibility index (Phi) is 2.94. The van der Waals surface area contributed by atoms with E-state index in [4.69, 9.17) is 0 Å². The molecule has 1 heterocycles. The molecular weight excluding hydrogens is 248 g/mol. The van der Waals surface area contributed by atoms with E-state index in [1.165, 1.54) is 37.4 Å². The Bertz CT molecular complexity index is 410. The summed E-state index contributed by atoms with van der Waals surface area (Å²) in [4.78, 5) is 16.0. The van der Waals surface area contributed by atoms with Crippen LogP contribution in [0.15, 0.2) is 4.99 Å². The minimum atomic E-state index is -0.806. The molecule has 0 aromatic heterocycles. The molecule has 2 aliphatic carbocycles. The van der Waals surface area contributed by atoms with Crippen molar-refractivity contribution in [2.24, 2.45) is 16.8 Å². The van der Waals surface area contributed by atoms with E-state index < -0.39 is 10.9 Å². The van der Waals surface area contributed by atoms with Crippen LogP contribution in [0.2, 0.25) is 0 Å². The fourth-order valence-electron chi connectivity index (χ4n) is 3.38. The maximum Gasteiger partial charge on any atom is 0.267 e. The molecule has 0 saturated heterocycles. The minimum absolute atomic E-state index is 0.215. The predicted octanol–water partition coefficient (Wildman–Crippen LogP) is 1.53. The van der Waals surface area contributed by atoms with Crippen LogP contribution in [0, 0.1) is 11.8 Å². The molecule has 2 N–H and O–H groups in total. The smallest absolute Gasteiger partial charge is 0.267 e.